The van der Waals surface area contributed by atoms with Crippen LogP contribution in [0.2, 0.25) is 0 Å². The predicted octanol–water partition coefficient (Wildman–Crippen LogP) is 1.92. The first-order valence-electron chi connectivity index (χ1n) is 8.51. The van der Waals surface area contributed by atoms with Gasteiger partial charge in [0, 0.05) is 6.54 Å². The number of hydrogen-bond acceptors (Lipinski definition) is 4. The summed E-state index contributed by atoms with van der Waals surface area (Å²) >= 11 is 0. The van der Waals surface area contributed by atoms with E-state index in [-0.39, 0.29) is 18.0 Å². The van der Waals surface area contributed by atoms with Gasteiger partial charge >= 0.3 is 5.97 Å². The summed E-state index contributed by atoms with van der Waals surface area (Å²) in [6, 6.07) is 9.88. The number of fused-ring (bicyclic) bond motifs is 1. The quantitative estimate of drug-likeness (QED) is 0.612. The first-order valence-corrected chi connectivity index (χ1v) is 8.51. The van der Waals surface area contributed by atoms with Crippen molar-refractivity contribution in [3.63, 3.8) is 0 Å². The van der Waals surface area contributed by atoms with E-state index in [1.54, 1.807) is 4.90 Å². The molecule has 4 atom stereocenters. The summed E-state index contributed by atoms with van der Waals surface area (Å²) < 4.78 is 11.4. The maximum Gasteiger partial charge on any atom is 0.312 e. The van der Waals surface area contributed by atoms with Crippen LogP contribution in [0.15, 0.2) is 42.5 Å². The van der Waals surface area contributed by atoms with Crippen LogP contribution in [0.4, 0.5) is 0 Å². The summed E-state index contributed by atoms with van der Waals surface area (Å²) in [5.74, 6) is -1.30. The van der Waals surface area contributed by atoms with E-state index in [2.05, 4.69) is 0 Å². The Hall–Kier alpha value is -2.14. The molecule has 3 heterocycles. The van der Waals surface area contributed by atoms with Gasteiger partial charge in [-0.15, -0.1) is 0 Å². The number of likely N-dealkylation sites (tertiary alicyclic amines) is 1. The van der Waals surface area contributed by atoms with Crippen LogP contribution in [0.3, 0.4) is 0 Å². The zero-order valence-electron chi connectivity index (χ0n) is 13.7. The Kier molecular flexibility index (Phi) is 3.68. The van der Waals surface area contributed by atoms with E-state index >= 15 is 0 Å². The van der Waals surface area contributed by atoms with Gasteiger partial charge in [-0.3, -0.25) is 9.59 Å². The number of hydrogen-bond donors (Lipinski definition) is 0. The molecule has 2 bridgehead atoms. The number of esters is 1. The number of nitrogens with zero attached hydrogens (tertiary/aromatic N) is 1. The van der Waals surface area contributed by atoms with Crippen LogP contribution in [0, 0.1) is 11.8 Å². The molecule has 0 unspecified atom stereocenters. The van der Waals surface area contributed by atoms with Crippen LogP contribution >= 0.6 is 0 Å². The van der Waals surface area contributed by atoms with Gasteiger partial charge in [0.05, 0.1) is 25.2 Å². The molecular weight excluding hydrogens is 306 g/mol. The predicted molar refractivity (Wildman–Crippen MR) is 86.8 cm³/mol. The molecular formula is C19H21NO4. The van der Waals surface area contributed by atoms with Gasteiger partial charge in [-0.25, -0.2) is 0 Å². The fourth-order valence-electron chi connectivity index (χ4n) is 4.08. The van der Waals surface area contributed by atoms with E-state index in [1.807, 2.05) is 49.4 Å². The van der Waals surface area contributed by atoms with Crippen molar-refractivity contribution in [1.29, 1.82) is 0 Å². The monoisotopic (exact) mass is 327 g/mol. The standard InChI is InChI=1S/C19H21NO4/c1-2-10-23-18(22)15-14-8-9-19(24-14)12-20(17(21)16(15)19)11-13-6-4-3-5-7-13/h3-9,14-16H,2,10-12H2,1H3/t14-,15-,16+,19-/m1/s1. The lowest BCUT2D eigenvalue weighted by Gasteiger charge is -2.22. The van der Waals surface area contributed by atoms with Gasteiger partial charge in [-0.05, 0) is 12.0 Å². The molecule has 2 saturated heterocycles. The van der Waals surface area contributed by atoms with Gasteiger partial charge in [0.2, 0.25) is 5.91 Å². The van der Waals surface area contributed by atoms with Gasteiger partial charge in [0.15, 0.2) is 0 Å². The van der Waals surface area contributed by atoms with Crippen LogP contribution < -0.4 is 0 Å². The normalized spacial score (nSPS) is 33.1. The largest absolute Gasteiger partial charge is 0.465 e. The highest BCUT2D eigenvalue weighted by molar-refractivity contribution is 5.91. The van der Waals surface area contributed by atoms with Crippen LogP contribution in [-0.2, 0) is 25.6 Å². The van der Waals surface area contributed by atoms with Crippen LogP contribution in [0.1, 0.15) is 18.9 Å². The molecule has 1 aromatic carbocycles. The lowest BCUT2D eigenvalue weighted by molar-refractivity contribution is -0.153. The molecule has 0 saturated carbocycles. The molecule has 2 fully saturated rings. The molecule has 1 amide bonds. The molecule has 3 aliphatic heterocycles. The maximum absolute atomic E-state index is 13.0. The minimum atomic E-state index is -0.660. The summed E-state index contributed by atoms with van der Waals surface area (Å²) in [6.07, 6.45) is 4.31. The summed E-state index contributed by atoms with van der Waals surface area (Å²) in [6.45, 7) is 3.37. The summed E-state index contributed by atoms with van der Waals surface area (Å²) in [5.41, 5.74) is 0.415. The van der Waals surface area contributed by atoms with E-state index in [0.717, 1.165) is 12.0 Å². The summed E-state index contributed by atoms with van der Waals surface area (Å²) in [7, 11) is 0. The minimum Gasteiger partial charge on any atom is -0.465 e. The fourth-order valence-corrected chi connectivity index (χ4v) is 4.08. The third-order valence-electron chi connectivity index (χ3n) is 5.12. The summed E-state index contributed by atoms with van der Waals surface area (Å²) in [5, 5.41) is 0. The fraction of sp³-hybridized carbons (Fsp3) is 0.474. The second-order valence-corrected chi connectivity index (χ2v) is 6.75. The zero-order chi connectivity index (χ0) is 16.7. The van der Waals surface area contributed by atoms with Crippen LogP contribution in [0.25, 0.3) is 0 Å². The van der Waals surface area contributed by atoms with E-state index in [0.29, 0.717) is 19.7 Å². The molecule has 5 heteroatoms. The molecule has 4 rings (SSSR count). The van der Waals surface area contributed by atoms with Crippen molar-refractivity contribution < 1.29 is 19.1 Å². The average Bonchev–Trinajstić information content (AvgIpc) is 3.22. The highest BCUT2D eigenvalue weighted by Gasteiger charge is 2.67. The zero-order valence-corrected chi connectivity index (χ0v) is 13.7. The highest BCUT2D eigenvalue weighted by atomic mass is 16.6. The molecule has 0 aliphatic carbocycles. The van der Waals surface area contributed by atoms with Crippen molar-refractivity contribution in [3.05, 3.63) is 48.0 Å². The smallest absolute Gasteiger partial charge is 0.312 e. The first-order chi connectivity index (χ1) is 11.6. The lowest BCUT2D eigenvalue weighted by atomic mass is 9.77. The Labute approximate surface area is 141 Å². The minimum absolute atomic E-state index is 0.0100. The second-order valence-electron chi connectivity index (χ2n) is 6.75. The van der Waals surface area contributed by atoms with Gasteiger partial charge in [-0.2, -0.15) is 0 Å². The number of carbonyl (C=O) groups excluding carboxylic acids is 2. The Morgan fingerprint density at radius 2 is 2.17 bits per heavy atom. The number of benzene rings is 1. The SMILES string of the molecule is CCCOC(=O)[C@H]1[C@H]2C(=O)N(Cc3ccccc3)C[C@]23C=C[C@H]1O3. The van der Waals surface area contributed by atoms with Gasteiger partial charge in [0.25, 0.3) is 0 Å². The van der Waals surface area contributed by atoms with E-state index in [4.69, 9.17) is 9.47 Å². The van der Waals surface area contributed by atoms with Crippen molar-refractivity contribution in [3.8, 4) is 0 Å². The lowest BCUT2D eigenvalue weighted by Crippen LogP contribution is -2.40. The maximum atomic E-state index is 13.0. The third kappa shape index (κ3) is 2.26. The van der Waals surface area contributed by atoms with E-state index in [1.165, 1.54) is 0 Å². The Bertz CT molecular complexity index is 686. The van der Waals surface area contributed by atoms with Crippen molar-refractivity contribution in [1.82, 2.24) is 4.90 Å². The van der Waals surface area contributed by atoms with Gasteiger partial charge in [-0.1, -0.05) is 49.4 Å². The second kappa shape index (κ2) is 5.74. The topological polar surface area (TPSA) is 55.8 Å². The molecule has 126 valence electrons. The molecule has 0 aromatic heterocycles. The molecule has 5 nitrogen and oxygen atoms in total. The third-order valence-corrected chi connectivity index (χ3v) is 5.12. The van der Waals surface area contributed by atoms with Gasteiger partial charge in [0.1, 0.15) is 11.5 Å². The molecule has 24 heavy (non-hydrogen) atoms. The Balaban J connectivity index is 1.56. The van der Waals surface area contributed by atoms with Crippen molar-refractivity contribution in [2.45, 2.75) is 31.6 Å². The number of amides is 1. The number of ether oxygens (including phenoxy) is 2. The van der Waals surface area contributed by atoms with Crippen molar-refractivity contribution in [2.24, 2.45) is 11.8 Å². The molecule has 1 aromatic rings. The molecule has 1 spiro atoms. The number of carbonyl (C=O) groups is 2. The highest BCUT2D eigenvalue weighted by Crippen LogP contribution is 2.52. The molecule has 3 aliphatic rings. The van der Waals surface area contributed by atoms with E-state index in [9.17, 15) is 9.59 Å². The van der Waals surface area contributed by atoms with Crippen molar-refractivity contribution >= 4 is 11.9 Å². The van der Waals surface area contributed by atoms with E-state index < -0.39 is 17.4 Å². The van der Waals surface area contributed by atoms with Gasteiger partial charge < -0.3 is 14.4 Å². The summed E-state index contributed by atoms with van der Waals surface area (Å²) in [4.78, 5) is 27.2. The average molecular weight is 327 g/mol. The molecule has 0 radical (unpaired) electrons. The molecule has 0 N–H and O–H groups in total. The first kappa shape index (κ1) is 15.4. The van der Waals surface area contributed by atoms with Crippen LogP contribution in [0.5, 0.6) is 0 Å². The Morgan fingerprint density at radius 3 is 2.92 bits per heavy atom. The van der Waals surface area contributed by atoms with Crippen molar-refractivity contribution in [2.75, 3.05) is 13.2 Å². The van der Waals surface area contributed by atoms with Crippen LogP contribution in [-0.4, -0.2) is 41.6 Å². The number of rotatable bonds is 5. The Morgan fingerprint density at radius 1 is 1.38 bits per heavy atom.